The van der Waals surface area contributed by atoms with Gasteiger partial charge in [-0.15, -0.1) is 0 Å². The highest BCUT2D eigenvalue weighted by Gasteiger charge is 2.28. The highest BCUT2D eigenvalue weighted by atomic mass is 19.4. The van der Waals surface area contributed by atoms with Gasteiger partial charge in [-0.05, 0) is 37.1 Å². The molecule has 6 nitrogen and oxygen atoms in total. The molecule has 0 aromatic carbocycles. The number of halogens is 3. The van der Waals surface area contributed by atoms with Crippen LogP contribution in [0.5, 0.6) is 5.88 Å². The van der Waals surface area contributed by atoms with E-state index >= 15 is 0 Å². The number of pyridine rings is 2. The molecule has 2 aromatic heterocycles. The van der Waals surface area contributed by atoms with Gasteiger partial charge in [0.05, 0.1) is 0 Å². The van der Waals surface area contributed by atoms with Gasteiger partial charge >= 0.3 is 6.18 Å². The number of hydrogen-bond donors (Lipinski definition) is 1. The van der Waals surface area contributed by atoms with Gasteiger partial charge < -0.3 is 10.1 Å². The number of aryl methyl sites for hydroxylation is 1. The maximum atomic E-state index is 12.3. The molecule has 0 aliphatic rings. The van der Waals surface area contributed by atoms with Crippen molar-refractivity contribution in [2.75, 3.05) is 6.61 Å². The van der Waals surface area contributed by atoms with E-state index in [4.69, 9.17) is 0 Å². The van der Waals surface area contributed by atoms with Crippen molar-refractivity contribution in [1.29, 1.82) is 0 Å². The number of Topliss-reactive ketones (excluding diaryl/α,β-unsaturated/α-hetero) is 1. The Balaban J connectivity index is 1.98. The number of rotatable bonds is 7. The molecule has 1 amide bonds. The number of aromatic nitrogens is 2. The van der Waals surface area contributed by atoms with Gasteiger partial charge in [0.15, 0.2) is 6.61 Å². The van der Waals surface area contributed by atoms with E-state index < -0.39 is 12.8 Å². The van der Waals surface area contributed by atoms with Crippen LogP contribution in [0.1, 0.15) is 34.1 Å². The Bertz CT molecular complexity index is 838. The highest BCUT2D eigenvalue weighted by Crippen LogP contribution is 2.19. The molecule has 0 radical (unpaired) electrons. The third-order valence-electron chi connectivity index (χ3n) is 3.53. The van der Waals surface area contributed by atoms with Gasteiger partial charge in [-0.1, -0.05) is 0 Å². The number of amides is 1. The molecule has 0 aliphatic carbocycles. The standard InChI is InChI=1S/C18H18F3N3O3/c1-11-5-16(27-10-18(19,20)21)23-8-14(11)9-24-17(26)13-3-4-22-15(7-13)6-12(2)25/h3-5,7-8H,6,9-10H2,1-2H3,(H,24,26). The molecule has 2 rings (SSSR count). The third kappa shape index (κ3) is 6.69. The number of alkyl halides is 3. The van der Waals surface area contributed by atoms with E-state index in [0.717, 1.165) is 0 Å². The lowest BCUT2D eigenvalue weighted by Gasteiger charge is -2.11. The first kappa shape index (κ1) is 20.3. The van der Waals surface area contributed by atoms with E-state index in [1.807, 2.05) is 0 Å². The Kier molecular flexibility index (Phi) is 6.49. The lowest BCUT2D eigenvalue weighted by molar-refractivity contribution is -0.154. The summed E-state index contributed by atoms with van der Waals surface area (Å²) in [5.41, 5.74) is 2.13. The fraction of sp³-hybridized carbons (Fsp3) is 0.333. The summed E-state index contributed by atoms with van der Waals surface area (Å²) in [4.78, 5) is 31.3. The monoisotopic (exact) mass is 381 g/mol. The van der Waals surface area contributed by atoms with E-state index in [0.29, 0.717) is 22.4 Å². The zero-order chi connectivity index (χ0) is 20.0. The molecule has 9 heteroatoms. The Hall–Kier alpha value is -2.97. The quantitative estimate of drug-likeness (QED) is 0.798. The first-order valence-electron chi connectivity index (χ1n) is 8.01. The normalized spacial score (nSPS) is 11.1. The minimum Gasteiger partial charge on any atom is -0.468 e. The van der Waals surface area contributed by atoms with E-state index in [1.165, 1.54) is 37.5 Å². The van der Waals surface area contributed by atoms with Crippen molar-refractivity contribution in [3.05, 3.63) is 53.0 Å². The second kappa shape index (κ2) is 8.61. The largest absolute Gasteiger partial charge is 0.468 e. The summed E-state index contributed by atoms with van der Waals surface area (Å²) in [6, 6.07) is 4.44. The van der Waals surface area contributed by atoms with Crippen LogP contribution in [0.3, 0.4) is 0 Å². The predicted octanol–water partition coefficient (Wildman–Crippen LogP) is 2.79. The highest BCUT2D eigenvalue weighted by molar-refractivity contribution is 5.94. The van der Waals surface area contributed by atoms with Crippen molar-refractivity contribution >= 4 is 11.7 Å². The molecular weight excluding hydrogens is 363 g/mol. The Labute approximate surface area is 153 Å². The smallest absolute Gasteiger partial charge is 0.422 e. The van der Waals surface area contributed by atoms with Crippen molar-refractivity contribution in [1.82, 2.24) is 15.3 Å². The van der Waals surface area contributed by atoms with Crippen LogP contribution in [0, 0.1) is 6.92 Å². The number of ketones is 1. The number of nitrogens with zero attached hydrogens (tertiary/aromatic N) is 2. The Morgan fingerprint density at radius 2 is 1.96 bits per heavy atom. The number of nitrogens with one attached hydrogen (secondary N) is 1. The van der Waals surface area contributed by atoms with Crippen LogP contribution >= 0.6 is 0 Å². The van der Waals surface area contributed by atoms with Crippen molar-refractivity contribution in [2.45, 2.75) is 33.0 Å². The molecule has 0 bridgehead atoms. The summed E-state index contributed by atoms with van der Waals surface area (Å²) in [6.45, 7) is 1.84. The molecule has 144 valence electrons. The molecule has 1 N–H and O–H groups in total. The van der Waals surface area contributed by atoms with Crippen molar-refractivity contribution < 1.29 is 27.5 Å². The molecule has 0 aliphatic heterocycles. The van der Waals surface area contributed by atoms with Crippen LogP contribution in [0.4, 0.5) is 13.2 Å². The average molecular weight is 381 g/mol. The summed E-state index contributed by atoms with van der Waals surface area (Å²) in [7, 11) is 0. The fourth-order valence-corrected chi connectivity index (χ4v) is 2.23. The summed E-state index contributed by atoms with van der Waals surface area (Å²) in [6.07, 6.45) is -1.49. The van der Waals surface area contributed by atoms with Crippen LogP contribution in [0.15, 0.2) is 30.6 Å². The lowest BCUT2D eigenvalue weighted by Crippen LogP contribution is -2.24. The zero-order valence-electron chi connectivity index (χ0n) is 14.8. The van der Waals surface area contributed by atoms with E-state index in [2.05, 4.69) is 20.0 Å². The van der Waals surface area contributed by atoms with Gasteiger partial charge in [-0.2, -0.15) is 13.2 Å². The van der Waals surface area contributed by atoms with Gasteiger partial charge in [0.2, 0.25) is 5.88 Å². The van der Waals surface area contributed by atoms with Crippen molar-refractivity contribution in [3.63, 3.8) is 0 Å². The molecule has 0 unspecified atom stereocenters. The molecule has 0 saturated heterocycles. The zero-order valence-corrected chi connectivity index (χ0v) is 14.8. The summed E-state index contributed by atoms with van der Waals surface area (Å²) < 4.78 is 41.1. The predicted molar refractivity (Wildman–Crippen MR) is 90.3 cm³/mol. The lowest BCUT2D eigenvalue weighted by atomic mass is 10.1. The second-order valence-corrected chi connectivity index (χ2v) is 5.95. The maximum Gasteiger partial charge on any atom is 0.422 e. The van der Waals surface area contributed by atoms with Gasteiger partial charge in [0.25, 0.3) is 5.91 Å². The van der Waals surface area contributed by atoms with Gasteiger partial charge in [0, 0.05) is 42.7 Å². The summed E-state index contributed by atoms with van der Waals surface area (Å²) in [5.74, 6) is -0.559. The molecule has 0 spiro atoms. The van der Waals surface area contributed by atoms with Gasteiger partial charge in [-0.25, -0.2) is 4.98 Å². The first-order valence-corrected chi connectivity index (χ1v) is 8.01. The van der Waals surface area contributed by atoms with Crippen LogP contribution in [-0.4, -0.2) is 34.4 Å². The third-order valence-corrected chi connectivity index (χ3v) is 3.53. The topological polar surface area (TPSA) is 81.2 Å². The molecule has 0 atom stereocenters. The van der Waals surface area contributed by atoms with Crippen LogP contribution in [0.2, 0.25) is 0 Å². The number of carbonyl (C=O) groups is 2. The SMILES string of the molecule is CC(=O)Cc1cc(C(=O)NCc2cnc(OCC(F)(F)F)cc2C)ccn1. The number of ether oxygens (including phenoxy) is 1. The molecule has 0 saturated carbocycles. The number of carbonyl (C=O) groups excluding carboxylic acids is 2. The van der Waals surface area contributed by atoms with Crippen LogP contribution < -0.4 is 10.1 Å². The maximum absolute atomic E-state index is 12.3. The van der Waals surface area contributed by atoms with E-state index in [9.17, 15) is 22.8 Å². The average Bonchev–Trinajstić information content (AvgIpc) is 2.58. The second-order valence-electron chi connectivity index (χ2n) is 5.95. The first-order chi connectivity index (χ1) is 12.6. The molecule has 27 heavy (non-hydrogen) atoms. The number of hydrogen-bond acceptors (Lipinski definition) is 5. The molecule has 2 heterocycles. The Morgan fingerprint density at radius 1 is 1.22 bits per heavy atom. The van der Waals surface area contributed by atoms with Crippen molar-refractivity contribution in [2.24, 2.45) is 0 Å². The van der Waals surface area contributed by atoms with Crippen LogP contribution in [-0.2, 0) is 17.8 Å². The fourth-order valence-electron chi connectivity index (χ4n) is 2.23. The van der Waals surface area contributed by atoms with Crippen molar-refractivity contribution in [3.8, 4) is 5.88 Å². The van der Waals surface area contributed by atoms with E-state index in [-0.39, 0.29) is 30.5 Å². The van der Waals surface area contributed by atoms with Gasteiger partial charge in [0.1, 0.15) is 5.78 Å². The summed E-state index contributed by atoms with van der Waals surface area (Å²) >= 11 is 0. The molecular formula is C18H18F3N3O3. The van der Waals surface area contributed by atoms with E-state index in [1.54, 1.807) is 6.92 Å². The minimum absolute atomic E-state index is 0.0606. The summed E-state index contributed by atoms with van der Waals surface area (Å²) in [5, 5.41) is 2.70. The molecule has 2 aromatic rings. The minimum atomic E-state index is -4.44. The molecule has 0 fully saturated rings. The van der Waals surface area contributed by atoms with Gasteiger partial charge in [-0.3, -0.25) is 14.6 Å². The Morgan fingerprint density at radius 3 is 2.59 bits per heavy atom. The van der Waals surface area contributed by atoms with Crippen LogP contribution in [0.25, 0.3) is 0 Å².